The first kappa shape index (κ1) is 47.9. The maximum absolute atomic E-state index is 2.79. The van der Waals surface area contributed by atoms with Gasteiger partial charge in [-0.05, 0) is 170 Å². The van der Waals surface area contributed by atoms with Crippen molar-refractivity contribution >= 4 is 68.6 Å². The number of nitrogens with zero attached hydrogens (tertiary/aromatic N) is 3. The molecule has 3 aliphatic heterocycles. The highest BCUT2D eigenvalue weighted by atomic mass is 15.3. The van der Waals surface area contributed by atoms with Gasteiger partial charge in [-0.25, -0.2) is 0 Å². The zero-order chi connectivity index (χ0) is 52.8. The highest BCUT2D eigenvalue weighted by Gasteiger charge is 2.60. The molecule has 77 heavy (non-hydrogen) atoms. The van der Waals surface area contributed by atoms with E-state index in [0.717, 1.165) is 24.9 Å². The van der Waals surface area contributed by atoms with E-state index in [4.69, 9.17) is 0 Å². The zero-order valence-electron chi connectivity index (χ0n) is 46.5. The van der Waals surface area contributed by atoms with Gasteiger partial charge in [-0.3, -0.25) is 0 Å². The molecule has 0 amide bonds. The summed E-state index contributed by atoms with van der Waals surface area (Å²) in [6.45, 7) is 22.1. The molecule has 14 rings (SSSR count). The average molecular weight is 1000 g/mol. The zero-order valence-corrected chi connectivity index (χ0v) is 46.5. The van der Waals surface area contributed by atoms with Gasteiger partial charge in [0.25, 0.3) is 6.71 Å². The summed E-state index contributed by atoms with van der Waals surface area (Å²) in [5.41, 5.74) is 26.9. The van der Waals surface area contributed by atoms with E-state index in [1.54, 1.807) is 0 Å². The Labute approximate surface area is 458 Å². The van der Waals surface area contributed by atoms with Gasteiger partial charge in [0.2, 0.25) is 0 Å². The molecule has 5 aliphatic rings. The van der Waals surface area contributed by atoms with Crippen LogP contribution in [0.2, 0.25) is 0 Å². The predicted molar refractivity (Wildman–Crippen MR) is 329 cm³/mol. The van der Waals surface area contributed by atoms with Crippen LogP contribution in [0.1, 0.15) is 117 Å². The van der Waals surface area contributed by atoms with Crippen LogP contribution in [0, 0.1) is 0 Å². The van der Waals surface area contributed by atoms with Crippen LogP contribution in [0.4, 0.5) is 45.5 Å². The first-order valence-electron chi connectivity index (χ1n) is 28.5. The van der Waals surface area contributed by atoms with Crippen LogP contribution in [-0.2, 0) is 21.7 Å². The lowest BCUT2D eigenvalue weighted by atomic mass is 9.33. The molecule has 2 unspecified atom stereocenters. The third kappa shape index (κ3) is 7.16. The number of hydrogen-bond donors (Lipinski definition) is 0. The molecular formula is C73H70BN3. The van der Waals surface area contributed by atoms with Crippen molar-refractivity contribution < 1.29 is 0 Å². The summed E-state index contributed by atoms with van der Waals surface area (Å²) >= 11 is 0. The van der Waals surface area contributed by atoms with Crippen LogP contribution in [0.15, 0.2) is 200 Å². The number of anilines is 8. The molecule has 380 valence electrons. The van der Waals surface area contributed by atoms with E-state index >= 15 is 0 Å². The molecule has 9 aromatic carbocycles. The van der Waals surface area contributed by atoms with Crippen molar-refractivity contribution in [3.8, 4) is 33.4 Å². The lowest BCUT2D eigenvalue weighted by Gasteiger charge is -2.49. The smallest absolute Gasteiger partial charge is 0.252 e. The fraction of sp³-hybridized carbons (Fsp3) is 0.260. The van der Waals surface area contributed by atoms with E-state index < -0.39 is 0 Å². The Balaban J connectivity index is 1.14. The third-order valence-corrected chi connectivity index (χ3v) is 19.6. The van der Waals surface area contributed by atoms with Crippen LogP contribution >= 0.6 is 0 Å². The van der Waals surface area contributed by atoms with Gasteiger partial charge in [0.05, 0.1) is 11.2 Å². The predicted octanol–water partition coefficient (Wildman–Crippen LogP) is 17.8. The monoisotopic (exact) mass is 1000 g/mol. The van der Waals surface area contributed by atoms with Gasteiger partial charge in [-0.1, -0.05) is 207 Å². The van der Waals surface area contributed by atoms with E-state index in [1.165, 1.54) is 125 Å². The quantitative estimate of drug-likeness (QED) is 0.154. The minimum atomic E-state index is -0.133. The number of para-hydroxylation sites is 1. The van der Waals surface area contributed by atoms with Crippen molar-refractivity contribution in [3.05, 3.63) is 222 Å². The van der Waals surface area contributed by atoms with Crippen molar-refractivity contribution in [2.45, 2.75) is 122 Å². The van der Waals surface area contributed by atoms with Gasteiger partial charge in [0, 0.05) is 50.8 Å². The minimum Gasteiger partial charge on any atom is -0.334 e. The minimum absolute atomic E-state index is 0.000338. The topological polar surface area (TPSA) is 9.72 Å². The molecule has 2 atom stereocenters. The number of benzene rings is 9. The average Bonchev–Trinajstić information content (AvgIpc) is 4.09. The van der Waals surface area contributed by atoms with Gasteiger partial charge >= 0.3 is 0 Å². The van der Waals surface area contributed by atoms with Crippen molar-refractivity contribution in [3.63, 3.8) is 0 Å². The Morgan fingerprint density at radius 3 is 1.60 bits per heavy atom. The molecule has 0 radical (unpaired) electrons. The SMILES string of the molecule is CC(C)(C)c1ccc(N2c3cc4c(cc3B3c5cc(-c6ccccc6)ccc5N(c5ccc(-c6ccccc6)cc5)c5cc(N6c7ccccc7C7(C)CCCC67C)cc2c53)C(C)(C)CCC4(C)C)c(-c2ccccc2)c1. The second-order valence-corrected chi connectivity index (χ2v) is 25.9. The maximum atomic E-state index is 2.79. The van der Waals surface area contributed by atoms with Crippen molar-refractivity contribution in [1.29, 1.82) is 0 Å². The molecular weight excluding hydrogens is 930 g/mol. The summed E-state index contributed by atoms with van der Waals surface area (Å²) in [4.78, 5) is 8.16. The Kier molecular flexibility index (Phi) is 10.5. The van der Waals surface area contributed by atoms with Crippen LogP contribution < -0.4 is 31.1 Å². The maximum Gasteiger partial charge on any atom is 0.252 e. The van der Waals surface area contributed by atoms with E-state index in [1.807, 2.05) is 0 Å². The Morgan fingerprint density at radius 1 is 0.390 bits per heavy atom. The van der Waals surface area contributed by atoms with Crippen molar-refractivity contribution in [2.75, 3.05) is 14.7 Å². The fourth-order valence-electron chi connectivity index (χ4n) is 14.9. The molecule has 9 aromatic rings. The van der Waals surface area contributed by atoms with E-state index in [9.17, 15) is 0 Å². The molecule has 0 aromatic heterocycles. The number of hydrogen-bond acceptors (Lipinski definition) is 3. The number of fused-ring (bicyclic) bond motifs is 8. The standard InChI is InChI=1S/C73H70BN3/c1-69(2,3)53-33-37-62(56(43-53)51-26-17-12-18-27-51)76-65-47-59-58(70(4,5)40-41-71(59,6)7)46-61(65)74-60-42-52(49-24-15-11-16-25-49)32-36-64(60)75(54-34-30-50(31-35-54)48-22-13-10-14-23-48)66-44-55(45-67(76)68(66)74)77-63-29-20-19-28-57(63)72(8)38-21-39-73(72,77)9/h10-20,22-37,42-47H,21,38-41H2,1-9H3. The van der Waals surface area contributed by atoms with Crippen LogP contribution in [-0.4, -0.2) is 12.3 Å². The summed E-state index contributed by atoms with van der Waals surface area (Å²) in [5, 5.41) is 0. The largest absolute Gasteiger partial charge is 0.334 e. The normalized spacial score (nSPS) is 20.2. The van der Waals surface area contributed by atoms with Gasteiger partial charge in [-0.2, -0.15) is 0 Å². The highest BCUT2D eigenvalue weighted by Crippen LogP contribution is 2.63. The van der Waals surface area contributed by atoms with E-state index in [0.29, 0.717) is 0 Å². The third-order valence-electron chi connectivity index (χ3n) is 19.6. The lowest BCUT2D eigenvalue weighted by Crippen LogP contribution is -2.62. The van der Waals surface area contributed by atoms with Gasteiger partial charge < -0.3 is 14.7 Å². The molecule has 0 N–H and O–H groups in total. The molecule has 0 spiro atoms. The van der Waals surface area contributed by atoms with Crippen molar-refractivity contribution in [1.82, 2.24) is 0 Å². The molecule has 0 bridgehead atoms. The first-order valence-corrected chi connectivity index (χ1v) is 28.5. The molecule has 4 heteroatoms. The Hall–Kier alpha value is -7.56. The van der Waals surface area contributed by atoms with Crippen LogP contribution in [0.5, 0.6) is 0 Å². The second-order valence-electron chi connectivity index (χ2n) is 25.9. The molecule has 1 saturated carbocycles. The van der Waals surface area contributed by atoms with Gasteiger partial charge in [0.15, 0.2) is 0 Å². The Bertz CT molecular complexity index is 3810. The first-order chi connectivity index (χ1) is 37.0. The van der Waals surface area contributed by atoms with E-state index in [-0.39, 0.29) is 33.9 Å². The van der Waals surface area contributed by atoms with Crippen LogP contribution in [0.3, 0.4) is 0 Å². The fourth-order valence-corrected chi connectivity index (χ4v) is 14.9. The summed E-state index contributed by atoms with van der Waals surface area (Å²) in [6, 6.07) is 77.1. The van der Waals surface area contributed by atoms with Gasteiger partial charge in [0.1, 0.15) is 0 Å². The molecule has 1 fully saturated rings. The highest BCUT2D eigenvalue weighted by molar-refractivity contribution is 7.00. The van der Waals surface area contributed by atoms with Gasteiger partial charge in [-0.15, -0.1) is 0 Å². The summed E-state index contributed by atoms with van der Waals surface area (Å²) in [5.74, 6) is 0. The molecule has 3 heterocycles. The molecule has 0 saturated heterocycles. The van der Waals surface area contributed by atoms with E-state index in [2.05, 4.69) is 277 Å². The Morgan fingerprint density at radius 2 is 0.935 bits per heavy atom. The summed E-state index contributed by atoms with van der Waals surface area (Å²) in [7, 11) is 0. The van der Waals surface area contributed by atoms with Crippen LogP contribution in [0.25, 0.3) is 33.4 Å². The summed E-state index contributed by atoms with van der Waals surface area (Å²) in [6.07, 6.45) is 5.78. The second kappa shape index (κ2) is 17.0. The molecule has 3 nitrogen and oxygen atoms in total. The van der Waals surface area contributed by atoms with Crippen molar-refractivity contribution in [2.24, 2.45) is 0 Å². The number of rotatable bonds is 6. The summed E-state index contributed by atoms with van der Waals surface area (Å²) < 4.78 is 0. The molecule has 2 aliphatic carbocycles. The lowest BCUT2D eigenvalue weighted by molar-refractivity contribution is 0.330.